The van der Waals surface area contributed by atoms with Crippen LogP contribution in [0.25, 0.3) is 0 Å². The molecule has 3 N–H and O–H groups in total. The molecule has 0 saturated carbocycles. The van der Waals surface area contributed by atoms with Crippen LogP contribution >= 0.6 is 27.3 Å². The van der Waals surface area contributed by atoms with Crippen LogP contribution < -0.4 is 11.1 Å². The number of nitrogens with two attached hydrogens (primary N) is 1. The predicted octanol–water partition coefficient (Wildman–Crippen LogP) is 2.25. The van der Waals surface area contributed by atoms with E-state index in [1.807, 2.05) is 25.3 Å². The van der Waals surface area contributed by atoms with Gasteiger partial charge in [-0.2, -0.15) is 0 Å². The molecular weight excluding hydrogens is 276 g/mol. The summed E-state index contributed by atoms with van der Waals surface area (Å²) in [5.41, 5.74) is 4.73. The summed E-state index contributed by atoms with van der Waals surface area (Å²) in [6, 6.07) is 2.00. The van der Waals surface area contributed by atoms with E-state index in [0.717, 1.165) is 4.47 Å². The molecule has 1 aromatic heterocycles. The molecule has 0 aliphatic carbocycles. The van der Waals surface area contributed by atoms with E-state index in [9.17, 15) is 4.79 Å². The lowest BCUT2D eigenvalue weighted by atomic mass is 9.98. The van der Waals surface area contributed by atoms with E-state index in [1.54, 1.807) is 11.3 Å². The quantitative estimate of drug-likeness (QED) is 0.874. The molecule has 1 unspecified atom stereocenters. The van der Waals surface area contributed by atoms with Gasteiger partial charge in [-0.05, 0) is 40.7 Å². The van der Waals surface area contributed by atoms with Gasteiger partial charge < -0.3 is 5.73 Å². The SMILES string of the molecule is CCC(C)(NCc1sccc1Br)C(N)=O. The molecule has 0 spiro atoms. The Morgan fingerprint density at radius 2 is 2.40 bits per heavy atom. The Balaban J connectivity index is 2.63. The van der Waals surface area contributed by atoms with Gasteiger partial charge in [0.2, 0.25) is 5.91 Å². The maximum Gasteiger partial charge on any atom is 0.237 e. The van der Waals surface area contributed by atoms with Crippen molar-refractivity contribution in [2.75, 3.05) is 0 Å². The minimum atomic E-state index is -0.622. The van der Waals surface area contributed by atoms with Gasteiger partial charge in [-0.1, -0.05) is 6.92 Å². The van der Waals surface area contributed by atoms with E-state index in [4.69, 9.17) is 5.73 Å². The first-order valence-corrected chi connectivity index (χ1v) is 6.43. The zero-order valence-corrected chi connectivity index (χ0v) is 11.2. The summed E-state index contributed by atoms with van der Waals surface area (Å²) in [6.07, 6.45) is 0.686. The first-order chi connectivity index (χ1) is 6.99. The van der Waals surface area contributed by atoms with Crippen molar-refractivity contribution in [1.82, 2.24) is 5.32 Å². The summed E-state index contributed by atoms with van der Waals surface area (Å²) in [7, 11) is 0. The number of primary amides is 1. The van der Waals surface area contributed by atoms with Crippen LogP contribution in [0.3, 0.4) is 0 Å². The first-order valence-electron chi connectivity index (χ1n) is 4.76. The van der Waals surface area contributed by atoms with Gasteiger partial charge in [0.25, 0.3) is 0 Å². The maximum atomic E-state index is 11.2. The van der Waals surface area contributed by atoms with Crippen molar-refractivity contribution in [2.45, 2.75) is 32.4 Å². The van der Waals surface area contributed by atoms with Crippen LogP contribution in [0.5, 0.6) is 0 Å². The molecule has 0 radical (unpaired) electrons. The second-order valence-electron chi connectivity index (χ2n) is 3.60. The van der Waals surface area contributed by atoms with Crippen molar-refractivity contribution in [3.05, 3.63) is 20.8 Å². The molecule has 1 amide bonds. The smallest absolute Gasteiger partial charge is 0.237 e. The van der Waals surface area contributed by atoms with Gasteiger partial charge in [0.1, 0.15) is 0 Å². The van der Waals surface area contributed by atoms with E-state index in [1.165, 1.54) is 4.88 Å². The van der Waals surface area contributed by atoms with Gasteiger partial charge in [-0.25, -0.2) is 0 Å². The van der Waals surface area contributed by atoms with Crippen molar-refractivity contribution in [1.29, 1.82) is 0 Å². The van der Waals surface area contributed by atoms with Gasteiger partial charge >= 0.3 is 0 Å². The zero-order valence-electron chi connectivity index (χ0n) is 8.84. The molecule has 1 aromatic rings. The van der Waals surface area contributed by atoms with E-state index >= 15 is 0 Å². The van der Waals surface area contributed by atoms with Crippen LogP contribution in [-0.4, -0.2) is 11.4 Å². The standard InChI is InChI=1S/C10H15BrN2OS/c1-3-10(2,9(12)14)13-6-8-7(11)4-5-15-8/h4-5,13H,3,6H2,1-2H3,(H2,12,14). The first kappa shape index (κ1) is 12.7. The molecule has 0 aromatic carbocycles. The lowest BCUT2D eigenvalue weighted by Crippen LogP contribution is -2.52. The number of halogens is 1. The van der Waals surface area contributed by atoms with Crippen LogP contribution in [0.15, 0.2) is 15.9 Å². The average Bonchev–Trinajstić information content (AvgIpc) is 2.60. The minimum Gasteiger partial charge on any atom is -0.368 e. The summed E-state index contributed by atoms with van der Waals surface area (Å²) in [5.74, 6) is -0.308. The molecule has 1 atom stereocenters. The highest BCUT2D eigenvalue weighted by Crippen LogP contribution is 2.23. The van der Waals surface area contributed by atoms with Crippen LogP contribution in [0, 0.1) is 0 Å². The Morgan fingerprint density at radius 3 is 2.80 bits per heavy atom. The van der Waals surface area contributed by atoms with Crippen LogP contribution in [0.1, 0.15) is 25.1 Å². The molecule has 5 heteroatoms. The molecule has 1 rings (SSSR count). The summed E-state index contributed by atoms with van der Waals surface area (Å²) in [4.78, 5) is 12.4. The molecule has 0 aliphatic rings. The summed E-state index contributed by atoms with van der Waals surface area (Å²) in [6.45, 7) is 4.43. The third-order valence-corrected chi connectivity index (χ3v) is 4.51. The largest absolute Gasteiger partial charge is 0.368 e. The monoisotopic (exact) mass is 290 g/mol. The number of carbonyl (C=O) groups is 1. The molecule has 0 aliphatic heterocycles. The average molecular weight is 291 g/mol. The van der Waals surface area contributed by atoms with E-state index in [2.05, 4.69) is 21.2 Å². The van der Waals surface area contributed by atoms with Gasteiger partial charge in [-0.15, -0.1) is 11.3 Å². The van der Waals surface area contributed by atoms with Crippen LogP contribution in [0.4, 0.5) is 0 Å². The summed E-state index contributed by atoms with van der Waals surface area (Å²) >= 11 is 5.10. The summed E-state index contributed by atoms with van der Waals surface area (Å²) in [5, 5.41) is 5.20. The number of rotatable bonds is 5. The number of thiophene rings is 1. The number of hydrogen-bond donors (Lipinski definition) is 2. The van der Waals surface area contributed by atoms with Crippen molar-refractivity contribution in [3.8, 4) is 0 Å². The minimum absolute atomic E-state index is 0.308. The fraction of sp³-hybridized carbons (Fsp3) is 0.500. The lowest BCUT2D eigenvalue weighted by Gasteiger charge is -2.25. The number of carbonyl (C=O) groups excluding carboxylic acids is 1. The molecule has 0 saturated heterocycles. The Labute approximate surface area is 102 Å². The number of hydrogen-bond acceptors (Lipinski definition) is 3. The van der Waals surface area contributed by atoms with Gasteiger partial charge in [0.05, 0.1) is 5.54 Å². The van der Waals surface area contributed by atoms with Crippen molar-refractivity contribution in [2.24, 2.45) is 5.73 Å². The van der Waals surface area contributed by atoms with Gasteiger partial charge in [0.15, 0.2) is 0 Å². The predicted molar refractivity (Wildman–Crippen MR) is 66.7 cm³/mol. The number of amides is 1. The topological polar surface area (TPSA) is 55.1 Å². The highest BCUT2D eigenvalue weighted by atomic mass is 79.9. The maximum absolute atomic E-state index is 11.2. The van der Waals surface area contributed by atoms with Crippen molar-refractivity contribution >= 4 is 33.2 Å². The van der Waals surface area contributed by atoms with Crippen LogP contribution in [-0.2, 0) is 11.3 Å². The van der Waals surface area contributed by atoms with E-state index in [-0.39, 0.29) is 5.91 Å². The fourth-order valence-corrected chi connectivity index (χ4v) is 2.55. The Morgan fingerprint density at radius 1 is 1.73 bits per heavy atom. The van der Waals surface area contributed by atoms with Crippen molar-refractivity contribution < 1.29 is 4.79 Å². The molecule has 3 nitrogen and oxygen atoms in total. The number of nitrogens with one attached hydrogen (secondary N) is 1. The second kappa shape index (κ2) is 5.09. The third-order valence-electron chi connectivity index (χ3n) is 2.58. The molecule has 15 heavy (non-hydrogen) atoms. The lowest BCUT2D eigenvalue weighted by molar-refractivity contribution is -0.124. The van der Waals surface area contributed by atoms with E-state index in [0.29, 0.717) is 13.0 Å². The third kappa shape index (κ3) is 3.03. The molecule has 0 bridgehead atoms. The Hall–Kier alpha value is -0.390. The van der Waals surface area contributed by atoms with Crippen molar-refractivity contribution in [3.63, 3.8) is 0 Å². The van der Waals surface area contributed by atoms with Gasteiger partial charge in [0, 0.05) is 15.9 Å². The molecule has 1 heterocycles. The highest BCUT2D eigenvalue weighted by molar-refractivity contribution is 9.10. The van der Waals surface area contributed by atoms with Crippen LogP contribution in [0.2, 0.25) is 0 Å². The van der Waals surface area contributed by atoms with Gasteiger partial charge in [-0.3, -0.25) is 10.1 Å². The molecular formula is C10H15BrN2OS. The second-order valence-corrected chi connectivity index (χ2v) is 5.45. The normalized spacial score (nSPS) is 14.9. The highest BCUT2D eigenvalue weighted by Gasteiger charge is 2.28. The van der Waals surface area contributed by atoms with E-state index < -0.39 is 5.54 Å². The molecule has 84 valence electrons. The summed E-state index contributed by atoms with van der Waals surface area (Å²) < 4.78 is 1.07. The fourth-order valence-electron chi connectivity index (χ4n) is 1.11. The Bertz CT molecular complexity index is 353. The zero-order chi connectivity index (χ0) is 11.5. The molecule has 0 fully saturated rings. The Kier molecular flexibility index (Phi) is 4.31.